The van der Waals surface area contributed by atoms with Crippen LogP contribution in [0, 0.1) is 6.92 Å². The minimum Gasteiger partial charge on any atom is -0.367 e. The van der Waals surface area contributed by atoms with Gasteiger partial charge in [0.1, 0.15) is 0 Å². The molecule has 0 aliphatic carbocycles. The van der Waals surface area contributed by atoms with E-state index < -0.39 is 0 Å². The summed E-state index contributed by atoms with van der Waals surface area (Å²) in [5.41, 5.74) is 2.25. The monoisotopic (exact) mass is 279 g/mol. The average molecular weight is 280 g/mol. The summed E-state index contributed by atoms with van der Waals surface area (Å²) in [5, 5.41) is 0. The van der Waals surface area contributed by atoms with E-state index in [4.69, 9.17) is 11.6 Å². The van der Waals surface area contributed by atoms with Gasteiger partial charge in [-0.1, -0.05) is 29.3 Å². The number of ketones is 1. The van der Waals surface area contributed by atoms with Crippen LogP contribution in [0.2, 0.25) is 4.34 Å². The molecule has 2 rings (SSSR count). The van der Waals surface area contributed by atoms with Crippen molar-refractivity contribution >= 4 is 34.4 Å². The quantitative estimate of drug-likeness (QED) is 0.788. The second-order valence-corrected chi connectivity index (χ2v) is 5.93. The van der Waals surface area contributed by atoms with Crippen LogP contribution in [0.15, 0.2) is 36.4 Å². The normalized spacial score (nSPS) is 10.4. The number of carbonyl (C=O) groups excluding carboxylic acids is 1. The molecule has 0 amide bonds. The lowest BCUT2D eigenvalue weighted by molar-refractivity contribution is 0.100. The van der Waals surface area contributed by atoms with Gasteiger partial charge >= 0.3 is 0 Å². The van der Waals surface area contributed by atoms with Crippen molar-refractivity contribution in [2.45, 2.75) is 6.92 Å². The molecule has 94 valence electrons. The van der Waals surface area contributed by atoms with Gasteiger partial charge in [-0.2, -0.15) is 0 Å². The highest BCUT2D eigenvalue weighted by molar-refractivity contribution is 7.18. The highest BCUT2D eigenvalue weighted by Crippen LogP contribution is 2.22. The van der Waals surface area contributed by atoms with E-state index in [0.29, 0.717) is 15.8 Å². The molecule has 2 aromatic rings. The van der Waals surface area contributed by atoms with Gasteiger partial charge < -0.3 is 4.90 Å². The van der Waals surface area contributed by atoms with E-state index in [1.54, 1.807) is 12.1 Å². The van der Waals surface area contributed by atoms with Gasteiger partial charge in [0.2, 0.25) is 0 Å². The van der Waals surface area contributed by atoms with Crippen LogP contribution in [0.4, 0.5) is 5.69 Å². The molecule has 0 saturated carbocycles. The lowest BCUT2D eigenvalue weighted by Gasteiger charge is -2.18. The van der Waals surface area contributed by atoms with Crippen LogP contribution in [0.25, 0.3) is 0 Å². The largest absolute Gasteiger partial charge is 0.367 e. The molecule has 4 heteroatoms. The predicted octanol–water partition coefficient (Wildman–Crippen LogP) is 4.03. The molecule has 0 spiro atoms. The molecule has 2 nitrogen and oxygen atoms in total. The third-order valence-corrected chi connectivity index (χ3v) is 3.98. The maximum absolute atomic E-state index is 12.0. The Balaban J connectivity index is 2.05. The molecule has 0 unspecified atom stereocenters. The summed E-state index contributed by atoms with van der Waals surface area (Å²) in [5.74, 6) is 0.0926. The zero-order valence-electron chi connectivity index (χ0n) is 10.3. The number of nitrogens with zero attached hydrogens (tertiary/aromatic N) is 1. The minimum absolute atomic E-state index is 0.0926. The first-order valence-electron chi connectivity index (χ1n) is 5.62. The molecule has 0 fully saturated rings. The summed E-state index contributed by atoms with van der Waals surface area (Å²) in [7, 11) is 1.91. The van der Waals surface area contributed by atoms with E-state index in [-0.39, 0.29) is 5.78 Å². The number of benzene rings is 1. The molecule has 1 aromatic heterocycles. The van der Waals surface area contributed by atoms with Crippen molar-refractivity contribution in [1.82, 2.24) is 0 Å². The Morgan fingerprint density at radius 3 is 2.44 bits per heavy atom. The van der Waals surface area contributed by atoms with Crippen molar-refractivity contribution in [2.75, 3.05) is 18.5 Å². The summed E-state index contributed by atoms with van der Waals surface area (Å²) < 4.78 is 0.649. The van der Waals surface area contributed by atoms with Crippen molar-refractivity contribution < 1.29 is 4.79 Å². The van der Waals surface area contributed by atoms with E-state index >= 15 is 0 Å². The zero-order valence-corrected chi connectivity index (χ0v) is 11.9. The molecule has 1 heterocycles. The number of carbonyl (C=O) groups is 1. The summed E-state index contributed by atoms with van der Waals surface area (Å²) in [4.78, 5) is 14.7. The molecule has 18 heavy (non-hydrogen) atoms. The summed E-state index contributed by atoms with van der Waals surface area (Å²) in [6, 6.07) is 11.6. The molecule has 0 atom stereocenters. The second-order valence-electron chi connectivity index (χ2n) is 4.22. The van der Waals surface area contributed by atoms with Gasteiger partial charge in [-0.15, -0.1) is 11.3 Å². The number of halogens is 1. The first kappa shape index (κ1) is 13.1. The van der Waals surface area contributed by atoms with Crippen molar-refractivity contribution in [3.8, 4) is 0 Å². The third-order valence-electron chi connectivity index (χ3n) is 2.70. The average Bonchev–Trinajstić information content (AvgIpc) is 2.76. The molecule has 1 aromatic carbocycles. The maximum Gasteiger partial charge on any atom is 0.192 e. The number of likely N-dealkylation sites (N-methyl/N-ethyl adjacent to an activating group) is 1. The number of thiophene rings is 1. The fourth-order valence-electron chi connectivity index (χ4n) is 1.65. The Kier molecular flexibility index (Phi) is 4.04. The number of Topliss-reactive ketones (excluding diaryl/α,β-unsaturated/α-hetero) is 1. The van der Waals surface area contributed by atoms with Gasteiger partial charge in [0.05, 0.1) is 15.8 Å². The molecule has 0 aliphatic heterocycles. The molecule has 0 saturated heterocycles. The van der Waals surface area contributed by atoms with Gasteiger partial charge in [0, 0.05) is 12.7 Å². The lowest BCUT2D eigenvalue weighted by Crippen LogP contribution is -2.25. The number of hydrogen-bond donors (Lipinski definition) is 0. The first-order valence-corrected chi connectivity index (χ1v) is 6.82. The van der Waals surface area contributed by atoms with Crippen LogP contribution in [-0.2, 0) is 0 Å². The summed E-state index contributed by atoms with van der Waals surface area (Å²) in [6.45, 7) is 2.41. The molecule has 0 radical (unpaired) electrons. The molecule has 0 N–H and O–H groups in total. The van der Waals surface area contributed by atoms with Gasteiger partial charge in [0.15, 0.2) is 5.78 Å². The molecular formula is C14H14ClNOS. The van der Waals surface area contributed by atoms with E-state index in [1.165, 1.54) is 16.9 Å². The van der Waals surface area contributed by atoms with Crippen LogP contribution in [-0.4, -0.2) is 19.4 Å². The standard InChI is InChI=1S/C14H14ClNOS/c1-10-3-5-11(6-4-10)16(2)9-12(17)13-7-8-14(15)18-13/h3-8H,9H2,1-2H3. The number of hydrogen-bond acceptors (Lipinski definition) is 3. The van der Waals surface area contributed by atoms with E-state index in [0.717, 1.165) is 5.69 Å². The third kappa shape index (κ3) is 3.12. The topological polar surface area (TPSA) is 20.3 Å². The fourth-order valence-corrected chi connectivity index (χ4v) is 2.62. The van der Waals surface area contributed by atoms with Gasteiger partial charge in [-0.05, 0) is 31.2 Å². The van der Waals surface area contributed by atoms with Gasteiger partial charge in [-0.25, -0.2) is 0 Å². The van der Waals surface area contributed by atoms with Crippen molar-refractivity contribution in [1.29, 1.82) is 0 Å². The Morgan fingerprint density at radius 1 is 1.22 bits per heavy atom. The highest BCUT2D eigenvalue weighted by atomic mass is 35.5. The fraction of sp³-hybridized carbons (Fsp3) is 0.214. The van der Waals surface area contributed by atoms with E-state index in [1.807, 2.05) is 43.1 Å². The maximum atomic E-state index is 12.0. The van der Waals surface area contributed by atoms with Gasteiger partial charge in [-0.3, -0.25) is 4.79 Å². The van der Waals surface area contributed by atoms with Crippen LogP contribution in [0.1, 0.15) is 15.2 Å². The van der Waals surface area contributed by atoms with Crippen LogP contribution in [0.5, 0.6) is 0 Å². The Bertz CT molecular complexity index is 547. The summed E-state index contributed by atoms with van der Waals surface area (Å²) in [6.07, 6.45) is 0. The Labute approximate surface area is 116 Å². The van der Waals surface area contributed by atoms with Gasteiger partial charge in [0.25, 0.3) is 0 Å². The molecule has 0 aliphatic rings. The van der Waals surface area contributed by atoms with E-state index in [9.17, 15) is 4.79 Å². The molecule has 0 bridgehead atoms. The van der Waals surface area contributed by atoms with Crippen LogP contribution in [0.3, 0.4) is 0 Å². The molecular weight excluding hydrogens is 266 g/mol. The van der Waals surface area contributed by atoms with Crippen LogP contribution < -0.4 is 4.90 Å². The van der Waals surface area contributed by atoms with E-state index in [2.05, 4.69) is 0 Å². The first-order chi connectivity index (χ1) is 8.56. The number of anilines is 1. The van der Waals surface area contributed by atoms with Crippen molar-refractivity contribution in [3.63, 3.8) is 0 Å². The SMILES string of the molecule is Cc1ccc(N(C)CC(=O)c2ccc(Cl)s2)cc1. The predicted molar refractivity (Wildman–Crippen MR) is 78.1 cm³/mol. The lowest BCUT2D eigenvalue weighted by atomic mass is 10.2. The Morgan fingerprint density at radius 2 is 1.89 bits per heavy atom. The van der Waals surface area contributed by atoms with Crippen molar-refractivity contribution in [3.05, 3.63) is 51.2 Å². The zero-order chi connectivity index (χ0) is 13.1. The number of rotatable bonds is 4. The van der Waals surface area contributed by atoms with Crippen molar-refractivity contribution in [2.24, 2.45) is 0 Å². The van der Waals surface area contributed by atoms with Crippen LogP contribution >= 0.6 is 22.9 Å². The minimum atomic E-state index is 0.0926. The highest BCUT2D eigenvalue weighted by Gasteiger charge is 2.12. The Hall–Kier alpha value is -1.32. The second kappa shape index (κ2) is 5.55. The smallest absolute Gasteiger partial charge is 0.192 e. The number of aryl methyl sites for hydroxylation is 1. The summed E-state index contributed by atoms with van der Waals surface area (Å²) >= 11 is 7.15.